The molecule has 1 heterocycles. The number of nitrogens with one attached hydrogen (secondary N) is 4. The van der Waals surface area contributed by atoms with Crippen LogP contribution in [0.3, 0.4) is 0 Å². The number of nitrogens with zero attached hydrogens (tertiary/aromatic N) is 2. The van der Waals surface area contributed by atoms with Crippen molar-refractivity contribution in [3.05, 3.63) is 24.4 Å². The van der Waals surface area contributed by atoms with E-state index < -0.39 is 5.60 Å². The standard InChI is InChI=1S/C20H36N6O2/c1-5-21-18(25-15-10-16-26-19(27)28-20(2,3)4)24-14-9-8-13-23-17-11-6-7-12-22-17/h6-7,11-12H,5,8-10,13-16H2,1-4H3,(H,22,23)(H,26,27)(H2,21,24,25). The monoisotopic (exact) mass is 392 g/mol. The summed E-state index contributed by atoms with van der Waals surface area (Å²) in [5, 5.41) is 12.6. The number of aromatic nitrogens is 1. The molecule has 0 spiro atoms. The van der Waals surface area contributed by atoms with Crippen LogP contribution in [0.4, 0.5) is 10.6 Å². The molecule has 0 saturated heterocycles. The van der Waals surface area contributed by atoms with Gasteiger partial charge >= 0.3 is 6.09 Å². The Hall–Kier alpha value is -2.51. The molecule has 0 aliphatic rings. The van der Waals surface area contributed by atoms with E-state index in [2.05, 4.69) is 31.2 Å². The SMILES string of the molecule is CCNC(=NCCCNC(=O)OC(C)(C)C)NCCCCNc1ccccn1. The van der Waals surface area contributed by atoms with Gasteiger partial charge in [0, 0.05) is 38.9 Å². The largest absolute Gasteiger partial charge is 0.444 e. The molecule has 158 valence electrons. The van der Waals surface area contributed by atoms with E-state index in [1.807, 2.05) is 45.9 Å². The zero-order valence-corrected chi connectivity index (χ0v) is 17.7. The summed E-state index contributed by atoms with van der Waals surface area (Å²) < 4.78 is 5.20. The van der Waals surface area contributed by atoms with E-state index in [4.69, 9.17) is 4.74 Å². The molecule has 0 unspecified atom stereocenters. The lowest BCUT2D eigenvalue weighted by atomic mass is 10.2. The number of alkyl carbamates (subject to hydrolysis) is 1. The number of anilines is 1. The number of carbonyl (C=O) groups excluding carboxylic acids is 1. The highest BCUT2D eigenvalue weighted by atomic mass is 16.6. The molecule has 0 aromatic carbocycles. The highest BCUT2D eigenvalue weighted by molar-refractivity contribution is 5.79. The Morgan fingerprint density at radius 3 is 2.50 bits per heavy atom. The summed E-state index contributed by atoms with van der Waals surface area (Å²) in [4.78, 5) is 20.3. The fourth-order valence-corrected chi connectivity index (χ4v) is 2.26. The van der Waals surface area contributed by atoms with Gasteiger partial charge in [0.1, 0.15) is 11.4 Å². The molecular formula is C20H36N6O2. The third-order valence-corrected chi connectivity index (χ3v) is 3.48. The minimum absolute atomic E-state index is 0.388. The van der Waals surface area contributed by atoms with E-state index in [9.17, 15) is 4.79 Å². The molecule has 4 N–H and O–H groups in total. The van der Waals surface area contributed by atoms with E-state index in [0.717, 1.165) is 50.7 Å². The molecule has 1 rings (SSSR count). The van der Waals surface area contributed by atoms with Crippen LogP contribution in [0.5, 0.6) is 0 Å². The molecule has 0 aliphatic heterocycles. The van der Waals surface area contributed by atoms with Gasteiger partial charge in [-0.15, -0.1) is 0 Å². The van der Waals surface area contributed by atoms with Gasteiger partial charge in [-0.3, -0.25) is 4.99 Å². The highest BCUT2D eigenvalue weighted by Gasteiger charge is 2.15. The Bertz CT molecular complexity index is 572. The maximum Gasteiger partial charge on any atom is 0.407 e. The third kappa shape index (κ3) is 12.8. The van der Waals surface area contributed by atoms with Gasteiger partial charge in [-0.1, -0.05) is 6.07 Å². The molecular weight excluding hydrogens is 356 g/mol. The molecule has 1 amide bonds. The predicted octanol–water partition coefficient (Wildman–Crippen LogP) is 2.74. The second-order valence-corrected chi connectivity index (χ2v) is 7.32. The van der Waals surface area contributed by atoms with Crippen molar-refractivity contribution in [2.45, 2.75) is 52.6 Å². The molecule has 8 nitrogen and oxygen atoms in total. The van der Waals surface area contributed by atoms with Crippen LogP contribution in [0.2, 0.25) is 0 Å². The van der Waals surface area contributed by atoms with Gasteiger partial charge in [-0.2, -0.15) is 0 Å². The first-order valence-corrected chi connectivity index (χ1v) is 10.0. The maximum atomic E-state index is 11.6. The molecule has 1 aromatic rings. The third-order valence-electron chi connectivity index (χ3n) is 3.48. The van der Waals surface area contributed by atoms with Crippen molar-refractivity contribution in [2.24, 2.45) is 4.99 Å². The topological polar surface area (TPSA) is 99.7 Å². The molecule has 8 heteroatoms. The molecule has 0 bridgehead atoms. The van der Waals surface area contributed by atoms with Gasteiger partial charge in [0.15, 0.2) is 5.96 Å². The van der Waals surface area contributed by atoms with Gasteiger partial charge in [0.2, 0.25) is 0 Å². The molecule has 28 heavy (non-hydrogen) atoms. The first-order valence-electron chi connectivity index (χ1n) is 10.0. The summed E-state index contributed by atoms with van der Waals surface area (Å²) in [6.07, 6.45) is 4.23. The Morgan fingerprint density at radius 2 is 1.82 bits per heavy atom. The highest BCUT2D eigenvalue weighted by Crippen LogP contribution is 2.06. The Labute approximate surface area is 168 Å². The first kappa shape index (κ1) is 23.5. The summed E-state index contributed by atoms with van der Waals surface area (Å²) in [6.45, 7) is 11.3. The smallest absolute Gasteiger partial charge is 0.407 e. The Morgan fingerprint density at radius 1 is 1.07 bits per heavy atom. The molecule has 0 saturated carbocycles. The van der Waals surface area contributed by atoms with Crippen LogP contribution in [0.1, 0.15) is 47.0 Å². The summed E-state index contributed by atoms with van der Waals surface area (Å²) in [5.41, 5.74) is -0.475. The van der Waals surface area contributed by atoms with E-state index in [0.29, 0.717) is 13.1 Å². The van der Waals surface area contributed by atoms with Gasteiger partial charge in [0.05, 0.1) is 0 Å². The van der Waals surface area contributed by atoms with Crippen LogP contribution in [0.25, 0.3) is 0 Å². The van der Waals surface area contributed by atoms with Crippen molar-refractivity contribution >= 4 is 17.9 Å². The number of amides is 1. The Kier molecular flexibility index (Phi) is 11.5. The van der Waals surface area contributed by atoms with Crippen LogP contribution in [-0.2, 0) is 4.74 Å². The van der Waals surface area contributed by atoms with E-state index >= 15 is 0 Å². The fourth-order valence-electron chi connectivity index (χ4n) is 2.26. The number of carbonyl (C=O) groups is 1. The quantitative estimate of drug-likeness (QED) is 0.263. The van der Waals surface area contributed by atoms with Crippen molar-refractivity contribution < 1.29 is 9.53 Å². The van der Waals surface area contributed by atoms with Gasteiger partial charge in [-0.25, -0.2) is 9.78 Å². The number of pyridine rings is 1. The van der Waals surface area contributed by atoms with Crippen LogP contribution in [-0.4, -0.2) is 55.4 Å². The summed E-state index contributed by atoms with van der Waals surface area (Å²) in [5.74, 6) is 1.71. The molecule has 0 radical (unpaired) electrons. The Balaban J connectivity index is 2.13. The van der Waals surface area contributed by atoms with Gasteiger partial charge < -0.3 is 26.0 Å². The predicted molar refractivity (Wildman–Crippen MR) is 115 cm³/mol. The summed E-state index contributed by atoms with van der Waals surface area (Å²) in [6, 6.07) is 5.84. The number of guanidine groups is 1. The number of unbranched alkanes of at least 4 members (excludes halogenated alkanes) is 1. The minimum atomic E-state index is -0.475. The van der Waals surface area contributed by atoms with Crippen molar-refractivity contribution in [2.75, 3.05) is 38.0 Å². The second-order valence-electron chi connectivity index (χ2n) is 7.32. The number of ether oxygens (including phenoxy) is 1. The van der Waals surface area contributed by atoms with Crippen molar-refractivity contribution in [1.29, 1.82) is 0 Å². The molecule has 0 atom stereocenters. The van der Waals surface area contributed by atoms with Gasteiger partial charge in [-0.05, 0) is 59.1 Å². The van der Waals surface area contributed by atoms with Crippen LogP contribution in [0, 0.1) is 0 Å². The fraction of sp³-hybridized carbons (Fsp3) is 0.650. The lowest BCUT2D eigenvalue weighted by Crippen LogP contribution is -2.38. The molecule has 0 aliphatic carbocycles. The minimum Gasteiger partial charge on any atom is -0.444 e. The number of hydrogen-bond donors (Lipinski definition) is 4. The normalized spacial score (nSPS) is 11.6. The first-order chi connectivity index (χ1) is 13.4. The van der Waals surface area contributed by atoms with Gasteiger partial charge in [0.25, 0.3) is 0 Å². The van der Waals surface area contributed by atoms with E-state index in [1.54, 1.807) is 6.20 Å². The zero-order valence-electron chi connectivity index (χ0n) is 17.7. The lowest BCUT2D eigenvalue weighted by Gasteiger charge is -2.19. The average molecular weight is 393 g/mol. The lowest BCUT2D eigenvalue weighted by molar-refractivity contribution is 0.0527. The summed E-state index contributed by atoms with van der Waals surface area (Å²) >= 11 is 0. The average Bonchev–Trinajstić information content (AvgIpc) is 2.63. The van der Waals surface area contributed by atoms with E-state index in [-0.39, 0.29) is 6.09 Å². The zero-order chi connectivity index (χ0) is 20.7. The summed E-state index contributed by atoms with van der Waals surface area (Å²) in [7, 11) is 0. The van der Waals surface area contributed by atoms with Crippen molar-refractivity contribution in [1.82, 2.24) is 20.9 Å². The van der Waals surface area contributed by atoms with Crippen LogP contribution in [0.15, 0.2) is 29.4 Å². The van der Waals surface area contributed by atoms with Crippen molar-refractivity contribution in [3.63, 3.8) is 0 Å². The number of aliphatic imine (C=N–C) groups is 1. The molecule has 1 aromatic heterocycles. The van der Waals surface area contributed by atoms with E-state index in [1.165, 1.54) is 0 Å². The number of rotatable bonds is 11. The maximum absolute atomic E-state index is 11.6. The van der Waals surface area contributed by atoms with Crippen LogP contribution >= 0.6 is 0 Å². The second kappa shape index (κ2) is 13.6. The number of hydrogen-bond acceptors (Lipinski definition) is 5. The molecule has 0 fully saturated rings. The van der Waals surface area contributed by atoms with Crippen LogP contribution < -0.4 is 21.3 Å². The van der Waals surface area contributed by atoms with Crippen molar-refractivity contribution in [3.8, 4) is 0 Å².